The number of hydrogen-bond donors (Lipinski definition) is 1. The zero-order valence-electron chi connectivity index (χ0n) is 20.9. The average molecular weight is 497 g/mol. The molecular weight excluding hydrogens is 463 g/mol. The Kier molecular flexibility index (Phi) is 6.28. The summed E-state index contributed by atoms with van der Waals surface area (Å²) < 4.78 is 26.0. The molecule has 3 fully saturated rings. The lowest BCUT2D eigenvalue weighted by molar-refractivity contribution is 0.0195. The van der Waals surface area contributed by atoms with E-state index in [4.69, 9.17) is 15.2 Å². The molecule has 4 atom stereocenters. The average Bonchev–Trinajstić information content (AvgIpc) is 3.14. The van der Waals surface area contributed by atoms with Gasteiger partial charge in [0.2, 0.25) is 0 Å². The van der Waals surface area contributed by atoms with E-state index in [9.17, 15) is 9.59 Å². The first kappa shape index (κ1) is 24.4. The van der Waals surface area contributed by atoms with Gasteiger partial charge in [-0.3, -0.25) is 4.90 Å². The highest BCUT2D eigenvalue weighted by Gasteiger charge is 2.60. The minimum Gasteiger partial charge on any atom is -0.444 e. The first-order chi connectivity index (χ1) is 17.1. The monoisotopic (exact) mass is 496 g/mol. The van der Waals surface area contributed by atoms with Gasteiger partial charge in [0.25, 0.3) is 0 Å². The van der Waals surface area contributed by atoms with E-state index in [1.807, 2.05) is 60.9 Å². The Morgan fingerprint density at radius 3 is 2.42 bits per heavy atom. The molecule has 0 spiro atoms. The second-order valence-corrected chi connectivity index (χ2v) is 10.8. The third-order valence-corrected chi connectivity index (χ3v) is 7.05. The molecule has 8 nitrogen and oxygen atoms in total. The second-order valence-electron chi connectivity index (χ2n) is 10.8. The summed E-state index contributed by atoms with van der Waals surface area (Å²) in [6.07, 6.45) is -1.21. The van der Waals surface area contributed by atoms with Crippen LogP contribution in [0.15, 0.2) is 48.5 Å². The Hall–Kier alpha value is -3.33. The first-order valence-corrected chi connectivity index (χ1v) is 12.4. The fourth-order valence-corrected chi connectivity index (χ4v) is 5.32. The van der Waals surface area contributed by atoms with Crippen molar-refractivity contribution in [1.29, 1.82) is 0 Å². The smallest absolute Gasteiger partial charge is 0.414 e. The predicted molar refractivity (Wildman–Crippen MR) is 134 cm³/mol. The number of nitrogens with zero attached hydrogens (tertiary/aromatic N) is 3. The van der Waals surface area contributed by atoms with Crippen LogP contribution in [-0.4, -0.2) is 61.0 Å². The molecule has 36 heavy (non-hydrogen) atoms. The number of anilines is 2. The van der Waals surface area contributed by atoms with Crippen LogP contribution >= 0.6 is 0 Å². The molecule has 5 rings (SSSR count). The molecule has 1 saturated carbocycles. The molecular formula is C27H33FN4O4. The lowest BCUT2D eigenvalue weighted by Crippen LogP contribution is -2.41. The van der Waals surface area contributed by atoms with E-state index >= 15 is 4.39 Å². The molecule has 2 aromatic carbocycles. The van der Waals surface area contributed by atoms with E-state index < -0.39 is 11.7 Å². The minimum absolute atomic E-state index is 0.0613. The van der Waals surface area contributed by atoms with E-state index in [0.717, 1.165) is 5.56 Å². The molecule has 0 bridgehead atoms. The molecule has 0 radical (unpaired) electrons. The van der Waals surface area contributed by atoms with E-state index in [0.29, 0.717) is 37.6 Å². The Morgan fingerprint density at radius 1 is 1.14 bits per heavy atom. The predicted octanol–water partition coefficient (Wildman–Crippen LogP) is 3.98. The summed E-state index contributed by atoms with van der Waals surface area (Å²) in [5.74, 6) is 0.112. The van der Waals surface area contributed by atoms with Gasteiger partial charge in [-0.25, -0.2) is 14.0 Å². The molecule has 2 aliphatic heterocycles. The minimum atomic E-state index is -0.584. The third-order valence-electron chi connectivity index (χ3n) is 7.05. The number of cyclic esters (lactones) is 1. The fraction of sp³-hybridized carbons (Fsp3) is 0.481. The van der Waals surface area contributed by atoms with Gasteiger partial charge in [0.05, 0.1) is 17.9 Å². The zero-order chi connectivity index (χ0) is 25.6. The molecule has 2 saturated heterocycles. The Morgan fingerprint density at radius 2 is 1.83 bits per heavy atom. The van der Waals surface area contributed by atoms with E-state index in [1.54, 1.807) is 12.1 Å². The quantitative estimate of drug-likeness (QED) is 0.651. The standard InChI is InChI=1S/C27H33FN4O4/c1-27(2,3)36-26(34)32(13-17-7-5-4-6-8-17)24-20-15-30(16-21(20)24)23-10-9-18(11-22(23)28)31-14-19(12-29)35-25(31)33/h4-11,19-21,24H,12-16,29H2,1-3H3/t19-,20-,21+,24+/m1/s1. The number of hydrogen-bond acceptors (Lipinski definition) is 6. The molecule has 9 heteroatoms. The number of fused-ring (bicyclic) bond motifs is 1. The van der Waals surface area contributed by atoms with Gasteiger partial charge in [-0.1, -0.05) is 30.3 Å². The van der Waals surface area contributed by atoms with Gasteiger partial charge in [-0.05, 0) is 44.5 Å². The van der Waals surface area contributed by atoms with Crippen LogP contribution in [0, 0.1) is 17.7 Å². The number of rotatable bonds is 6. The van der Waals surface area contributed by atoms with Crippen LogP contribution in [0.25, 0.3) is 0 Å². The second kappa shape index (κ2) is 9.28. The van der Waals surface area contributed by atoms with Crippen LogP contribution in [0.5, 0.6) is 0 Å². The number of benzene rings is 2. The van der Waals surface area contributed by atoms with Gasteiger partial charge >= 0.3 is 12.2 Å². The largest absolute Gasteiger partial charge is 0.444 e. The van der Waals surface area contributed by atoms with Crippen molar-refractivity contribution in [3.8, 4) is 0 Å². The van der Waals surface area contributed by atoms with Crippen molar-refractivity contribution in [1.82, 2.24) is 4.90 Å². The van der Waals surface area contributed by atoms with Crippen LogP contribution < -0.4 is 15.5 Å². The zero-order valence-corrected chi connectivity index (χ0v) is 20.9. The lowest BCUT2D eigenvalue weighted by atomic mass is 10.2. The lowest BCUT2D eigenvalue weighted by Gasteiger charge is -2.31. The fourth-order valence-electron chi connectivity index (χ4n) is 5.32. The van der Waals surface area contributed by atoms with Crippen LogP contribution in [0.4, 0.5) is 25.4 Å². The van der Waals surface area contributed by atoms with Gasteiger partial charge in [0, 0.05) is 44.1 Å². The topological polar surface area (TPSA) is 88.3 Å². The summed E-state index contributed by atoms with van der Waals surface area (Å²) in [5.41, 5.74) is 7.01. The number of ether oxygens (including phenoxy) is 2. The van der Waals surface area contributed by atoms with Crippen molar-refractivity contribution in [2.45, 2.75) is 45.1 Å². The summed E-state index contributed by atoms with van der Waals surface area (Å²) in [5, 5.41) is 0. The van der Waals surface area contributed by atoms with Gasteiger partial charge in [0.1, 0.15) is 17.5 Å². The van der Waals surface area contributed by atoms with Gasteiger partial charge in [0.15, 0.2) is 0 Å². The molecule has 2 heterocycles. The first-order valence-electron chi connectivity index (χ1n) is 12.4. The van der Waals surface area contributed by atoms with Crippen molar-refractivity contribution < 1.29 is 23.5 Å². The molecule has 1 aliphatic carbocycles. The molecule has 3 aliphatic rings. The van der Waals surface area contributed by atoms with Crippen molar-refractivity contribution in [2.75, 3.05) is 36.0 Å². The normalized spacial score (nSPS) is 25.0. The third kappa shape index (κ3) is 4.84. The number of halogens is 1. The molecule has 192 valence electrons. The summed E-state index contributed by atoms with van der Waals surface area (Å²) >= 11 is 0. The number of piperidine rings is 1. The molecule has 2 N–H and O–H groups in total. The summed E-state index contributed by atoms with van der Waals surface area (Å²) in [4.78, 5) is 30.4. The summed E-state index contributed by atoms with van der Waals surface area (Å²) in [6.45, 7) is 7.92. The number of nitrogens with two attached hydrogens (primary N) is 1. The highest BCUT2D eigenvalue weighted by Crippen LogP contribution is 2.51. The Balaban J connectivity index is 1.27. The summed E-state index contributed by atoms with van der Waals surface area (Å²) in [6, 6.07) is 14.8. The SMILES string of the molecule is CC(C)(C)OC(=O)N(Cc1ccccc1)[C@H]1[C@@H]2CN(c3ccc(N4C[C@@H](CN)OC4=O)cc3F)C[C@@H]21. The van der Waals surface area contributed by atoms with Crippen molar-refractivity contribution in [3.63, 3.8) is 0 Å². The highest BCUT2D eigenvalue weighted by molar-refractivity contribution is 5.90. The van der Waals surface area contributed by atoms with Gasteiger partial charge < -0.3 is 25.0 Å². The maximum absolute atomic E-state index is 15.1. The van der Waals surface area contributed by atoms with E-state index in [-0.39, 0.29) is 42.4 Å². The molecule has 2 amide bonds. The number of amides is 2. The van der Waals surface area contributed by atoms with Gasteiger partial charge in [-0.15, -0.1) is 0 Å². The van der Waals surface area contributed by atoms with E-state index in [2.05, 4.69) is 0 Å². The van der Waals surface area contributed by atoms with Crippen LogP contribution in [0.2, 0.25) is 0 Å². The van der Waals surface area contributed by atoms with Crippen LogP contribution in [0.3, 0.4) is 0 Å². The maximum Gasteiger partial charge on any atom is 0.414 e. The number of carbonyl (C=O) groups excluding carboxylic acids is 2. The maximum atomic E-state index is 15.1. The Labute approximate surface area is 210 Å². The highest BCUT2D eigenvalue weighted by atomic mass is 19.1. The van der Waals surface area contributed by atoms with Crippen LogP contribution in [0.1, 0.15) is 26.3 Å². The summed E-state index contributed by atoms with van der Waals surface area (Å²) in [7, 11) is 0. The van der Waals surface area contributed by atoms with Crippen molar-refractivity contribution in [3.05, 3.63) is 59.9 Å². The number of carbonyl (C=O) groups is 2. The van der Waals surface area contributed by atoms with Gasteiger partial charge in [-0.2, -0.15) is 0 Å². The molecule has 2 aromatic rings. The Bertz CT molecular complexity index is 1130. The van der Waals surface area contributed by atoms with Crippen molar-refractivity contribution in [2.24, 2.45) is 17.6 Å². The molecule has 0 aromatic heterocycles. The van der Waals surface area contributed by atoms with Crippen LogP contribution in [-0.2, 0) is 16.0 Å². The van der Waals surface area contributed by atoms with Crippen molar-refractivity contribution >= 4 is 23.6 Å². The van der Waals surface area contributed by atoms with E-state index in [1.165, 1.54) is 11.0 Å². The molecule has 0 unspecified atom stereocenters.